The van der Waals surface area contributed by atoms with Gasteiger partial charge in [0, 0.05) is 48.6 Å². The monoisotopic (exact) mass is 341 g/mol. The maximum Gasteiger partial charge on any atom is 0.270 e. The van der Waals surface area contributed by atoms with E-state index in [0.29, 0.717) is 12.0 Å². The Morgan fingerprint density at radius 2 is 2.04 bits per heavy atom. The molecule has 1 atom stereocenters. The smallest absolute Gasteiger partial charge is 0.270 e. The molecule has 2 aliphatic rings. The van der Waals surface area contributed by atoms with Crippen molar-refractivity contribution in [3.05, 3.63) is 40.1 Å². The average molecular weight is 341 g/mol. The van der Waals surface area contributed by atoms with Gasteiger partial charge in [-0.05, 0) is 50.7 Å². The first-order chi connectivity index (χ1) is 12.1. The molecule has 2 fully saturated rings. The largest absolute Gasteiger partial charge is 0.378 e. The van der Waals surface area contributed by atoms with Crippen LogP contribution in [0.2, 0.25) is 0 Å². The van der Waals surface area contributed by atoms with Gasteiger partial charge in [0.05, 0.1) is 16.5 Å². The molecule has 4 rings (SSSR count). The van der Waals surface area contributed by atoms with E-state index in [2.05, 4.69) is 16.0 Å². The summed E-state index contributed by atoms with van der Waals surface area (Å²) in [5.74, 6) is 0.641. The number of nitro groups is 1. The lowest BCUT2D eigenvalue weighted by atomic mass is 9.89. The topological polar surface area (TPSA) is 68.5 Å². The second-order valence-corrected chi connectivity index (χ2v) is 7.12. The molecule has 2 aromatic rings. The zero-order valence-corrected chi connectivity index (χ0v) is 14.5. The van der Waals surface area contributed by atoms with Crippen LogP contribution in [0.15, 0.2) is 24.3 Å². The Balaban J connectivity index is 1.62. The van der Waals surface area contributed by atoms with Gasteiger partial charge in [-0.1, -0.05) is 0 Å². The summed E-state index contributed by atoms with van der Waals surface area (Å²) in [6, 6.07) is 6.99. The Morgan fingerprint density at radius 3 is 2.72 bits per heavy atom. The molecule has 3 heterocycles. The summed E-state index contributed by atoms with van der Waals surface area (Å²) in [4.78, 5) is 17.7. The van der Waals surface area contributed by atoms with Crippen LogP contribution in [0.5, 0.6) is 0 Å². The van der Waals surface area contributed by atoms with E-state index < -0.39 is 0 Å². The van der Waals surface area contributed by atoms with Crippen molar-refractivity contribution in [1.82, 2.24) is 4.98 Å². The number of nitro benzene ring substituents is 1. The van der Waals surface area contributed by atoms with Crippen molar-refractivity contribution in [1.29, 1.82) is 0 Å². The van der Waals surface area contributed by atoms with Crippen molar-refractivity contribution >= 4 is 22.3 Å². The Bertz CT molecular complexity index is 794. The highest BCUT2D eigenvalue weighted by Gasteiger charge is 2.30. The normalized spacial score (nSPS) is 21.8. The predicted molar refractivity (Wildman–Crippen MR) is 97.0 cm³/mol. The van der Waals surface area contributed by atoms with Gasteiger partial charge in [-0.15, -0.1) is 0 Å². The van der Waals surface area contributed by atoms with Crippen LogP contribution in [-0.4, -0.2) is 35.7 Å². The van der Waals surface area contributed by atoms with E-state index >= 15 is 0 Å². The summed E-state index contributed by atoms with van der Waals surface area (Å²) in [5, 5.41) is 12.0. The van der Waals surface area contributed by atoms with Crippen LogP contribution >= 0.6 is 0 Å². The number of hydrogen-bond donors (Lipinski definition) is 0. The minimum absolute atomic E-state index is 0.119. The lowest BCUT2D eigenvalue weighted by Gasteiger charge is -2.36. The fourth-order valence-electron chi connectivity index (χ4n) is 4.19. The highest BCUT2D eigenvalue weighted by atomic mass is 16.6. The molecule has 6 heteroatoms. The standard InChI is InChI=1S/C19H23N3O3/c1-13-11-18(16-12-15(22(23)24)4-5-17(16)20-13)21-8-6-14(7-9-21)19-3-2-10-25-19/h4-5,11-12,14,19H,2-3,6-10H2,1H3. The molecule has 0 saturated carbocycles. The maximum atomic E-state index is 11.1. The van der Waals surface area contributed by atoms with Crippen LogP contribution in [0.25, 0.3) is 10.9 Å². The second kappa shape index (κ2) is 6.59. The molecule has 1 unspecified atom stereocenters. The number of ether oxygens (including phenoxy) is 1. The summed E-state index contributed by atoms with van der Waals surface area (Å²) < 4.78 is 5.86. The zero-order valence-electron chi connectivity index (χ0n) is 14.5. The highest BCUT2D eigenvalue weighted by molar-refractivity contribution is 5.93. The van der Waals surface area contributed by atoms with Crippen LogP contribution in [0.1, 0.15) is 31.4 Å². The third-order valence-electron chi connectivity index (χ3n) is 5.48. The van der Waals surface area contributed by atoms with Gasteiger partial charge in [0.2, 0.25) is 0 Å². The first-order valence-corrected chi connectivity index (χ1v) is 9.04. The fraction of sp³-hybridized carbons (Fsp3) is 0.526. The van der Waals surface area contributed by atoms with Gasteiger partial charge < -0.3 is 9.64 Å². The molecular weight excluding hydrogens is 318 g/mol. The van der Waals surface area contributed by atoms with Gasteiger partial charge >= 0.3 is 0 Å². The van der Waals surface area contributed by atoms with Crippen LogP contribution in [0.4, 0.5) is 11.4 Å². The SMILES string of the molecule is Cc1cc(N2CCC(C3CCCO3)CC2)c2cc([N+](=O)[O-])ccc2n1. The summed E-state index contributed by atoms with van der Waals surface area (Å²) in [7, 11) is 0. The fourth-order valence-corrected chi connectivity index (χ4v) is 4.19. The van der Waals surface area contributed by atoms with Crippen molar-refractivity contribution in [2.45, 2.75) is 38.7 Å². The number of hydrogen-bond acceptors (Lipinski definition) is 5. The number of benzene rings is 1. The second-order valence-electron chi connectivity index (χ2n) is 7.12. The lowest BCUT2D eigenvalue weighted by molar-refractivity contribution is -0.384. The summed E-state index contributed by atoms with van der Waals surface area (Å²) in [5.41, 5.74) is 2.95. The zero-order chi connectivity index (χ0) is 17.4. The lowest BCUT2D eigenvalue weighted by Crippen LogP contribution is -2.37. The number of fused-ring (bicyclic) bond motifs is 1. The molecular formula is C19H23N3O3. The van der Waals surface area contributed by atoms with Crippen LogP contribution < -0.4 is 4.90 Å². The van der Waals surface area contributed by atoms with Crippen LogP contribution in [0, 0.1) is 23.0 Å². The molecule has 6 nitrogen and oxygen atoms in total. The number of aromatic nitrogens is 1. The molecule has 0 N–H and O–H groups in total. The number of aryl methyl sites for hydroxylation is 1. The van der Waals surface area contributed by atoms with E-state index in [-0.39, 0.29) is 10.6 Å². The van der Waals surface area contributed by atoms with Crippen molar-refractivity contribution in [3.8, 4) is 0 Å². The van der Waals surface area contributed by atoms with Gasteiger partial charge in [-0.3, -0.25) is 15.1 Å². The van der Waals surface area contributed by atoms with E-state index in [1.807, 2.05) is 6.92 Å². The van der Waals surface area contributed by atoms with Gasteiger partial charge in [-0.25, -0.2) is 0 Å². The number of piperidine rings is 1. The molecule has 2 saturated heterocycles. The number of anilines is 1. The third-order valence-corrected chi connectivity index (χ3v) is 5.48. The average Bonchev–Trinajstić information content (AvgIpc) is 3.15. The van der Waals surface area contributed by atoms with Gasteiger partial charge in [0.25, 0.3) is 5.69 Å². The molecule has 0 spiro atoms. The first kappa shape index (κ1) is 16.3. The van der Waals surface area contributed by atoms with Crippen molar-refractivity contribution in [2.24, 2.45) is 5.92 Å². The van der Waals surface area contributed by atoms with Crippen LogP contribution in [-0.2, 0) is 4.74 Å². The number of rotatable bonds is 3. The molecule has 2 aliphatic heterocycles. The Labute approximate surface area is 146 Å². The number of non-ortho nitro benzene ring substituents is 1. The summed E-state index contributed by atoms with van der Waals surface area (Å²) in [6.45, 7) is 4.81. The molecule has 25 heavy (non-hydrogen) atoms. The first-order valence-electron chi connectivity index (χ1n) is 9.04. The summed E-state index contributed by atoms with van der Waals surface area (Å²) >= 11 is 0. The van der Waals surface area contributed by atoms with E-state index in [4.69, 9.17) is 4.74 Å². The Morgan fingerprint density at radius 1 is 1.24 bits per heavy atom. The number of nitrogens with zero attached hydrogens (tertiary/aromatic N) is 3. The molecule has 0 bridgehead atoms. The minimum Gasteiger partial charge on any atom is -0.378 e. The van der Waals surface area contributed by atoms with Gasteiger partial charge in [0.15, 0.2) is 0 Å². The van der Waals surface area contributed by atoms with E-state index in [1.54, 1.807) is 12.1 Å². The number of pyridine rings is 1. The van der Waals surface area contributed by atoms with E-state index in [9.17, 15) is 10.1 Å². The molecule has 0 aliphatic carbocycles. The quantitative estimate of drug-likeness (QED) is 0.626. The van der Waals surface area contributed by atoms with E-state index in [0.717, 1.165) is 54.8 Å². The molecule has 1 aromatic carbocycles. The van der Waals surface area contributed by atoms with Crippen molar-refractivity contribution in [2.75, 3.05) is 24.6 Å². The van der Waals surface area contributed by atoms with Crippen molar-refractivity contribution in [3.63, 3.8) is 0 Å². The van der Waals surface area contributed by atoms with E-state index in [1.165, 1.54) is 18.9 Å². The highest BCUT2D eigenvalue weighted by Crippen LogP contribution is 2.35. The third kappa shape index (κ3) is 3.18. The summed E-state index contributed by atoms with van der Waals surface area (Å²) in [6.07, 6.45) is 5.03. The maximum absolute atomic E-state index is 11.1. The van der Waals surface area contributed by atoms with Gasteiger partial charge in [-0.2, -0.15) is 0 Å². The van der Waals surface area contributed by atoms with Gasteiger partial charge in [0.1, 0.15) is 0 Å². The predicted octanol–water partition coefficient (Wildman–Crippen LogP) is 3.85. The van der Waals surface area contributed by atoms with Crippen LogP contribution in [0.3, 0.4) is 0 Å². The molecule has 1 aromatic heterocycles. The molecule has 0 amide bonds. The molecule has 0 radical (unpaired) electrons. The minimum atomic E-state index is -0.341. The molecule has 132 valence electrons. The van der Waals surface area contributed by atoms with Crippen molar-refractivity contribution < 1.29 is 9.66 Å². The Hall–Kier alpha value is -2.21. The Kier molecular flexibility index (Phi) is 4.29.